The van der Waals surface area contributed by atoms with Crippen molar-refractivity contribution in [3.63, 3.8) is 0 Å². The molecule has 0 bridgehead atoms. The Kier molecular flexibility index (Phi) is 6.29. The van der Waals surface area contributed by atoms with Gasteiger partial charge in [-0.3, -0.25) is 9.59 Å². The summed E-state index contributed by atoms with van der Waals surface area (Å²) in [7, 11) is 1.57. The Morgan fingerprint density at radius 1 is 1.03 bits per heavy atom. The summed E-state index contributed by atoms with van der Waals surface area (Å²) in [4.78, 5) is 24.9. The van der Waals surface area contributed by atoms with E-state index in [-0.39, 0.29) is 11.5 Å². The molecule has 3 aromatic rings. The highest BCUT2D eigenvalue weighted by Crippen LogP contribution is 2.21. The molecule has 0 aliphatic carbocycles. The molecule has 0 spiro atoms. The third-order valence-electron chi connectivity index (χ3n) is 4.39. The second kappa shape index (κ2) is 9.05. The van der Waals surface area contributed by atoms with Crippen molar-refractivity contribution in [1.82, 2.24) is 9.78 Å². The Bertz CT molecular complexity index is 1030. The zero-order valence-electron chi connectivity index (χ0n) is 16.6. The van der Waals surface area contributed by atoms with Gasteiger partial charge in [-0.1, -0.05) is 0 Å². The Morgan fingerprint density at radius 3 is 2.31 bits per heavy atom. The van der Waals surface area contributed by atoms with E-state index < -0.39 is 6.04 Å². The van der Waals surface area contributed by atoms with Crippen LogP contribution in [0.25, 0.3) is 11.3 Å². The van der Waals surface area contributed by atoms with Crippen LogP contribution in [0.5, 0.6) is 11.5 Å². The molecule has 1 aromatic heterocycles. The number of nitrogens with zero attached hydrogens (tertiary/aromatic N) is 2. The van der Waals surface area contributed by atoms with Crippen molar-refractivity contribution in [2.24, 2.45) is 0 Å². The molecule has 0 aliphatic rings. The molecule has 29 heavy (non-hydrogen) atoms. The summed E-state index contributed by atoms with van der Waals surface area (Å²) in [5.41, 5.74) is 1.68. The van der Waals surface area contributed by atoms with Gasteiger partial charge in [0, 0.05) is 17.3 Å². The van der Waals surface area contributed by atoms with Gasteiger partial charge in [0.15, 0.2) is 0 Å². The summed E-state index contributed by atoms with van der Waals surface area (Å²) in [5.74, 6) is 1.11. The average Bonchev–Trinajstić information content (AvgIpc) is 2.75. The first-order chi connectivity index (χ1) is 14.0. The summed E-state index contributed by atoms with van der Waals surface area (Å²) in [5, 5.41) is 7.18. The summed E-state index contributed by atoms with van der Waals surface area (Å²) in [6, 6.07) is 16.6. The van der Waals surface area contributed by atoms with E-state index in [0.717, 1.165) is 11.3 Å². The zero-order chi connectivity index (χ0) is 20.8. The minimum atomic E-state index is -0.785. The SMILES string of the molecule is CCOc1ccc(-c2ccc(=O)n(C(C)C(=O)Nc3ccc(OC)cc3)n2)cc1. The molecule has 7 nitrogen and oxygen atoms in total. The van der Waals surface area contributed by atoms with Crippen LogP contribution in [-0.4, -0.2) is 29.4 Å². The van der Waals surface area contributed by atoms with Crippen LogP contribution in [0.15, 0.2) is 65.5 Å². The molecule has 1 unspecified atom stereocenters. The smallest absolute Gasteiger partial charge is 0.267 e. The highest BCUT2D eigenvalue weighted by molar-refractivity contribution is 5.93. The molecular formula is C22H23N3O4. The van der Waals surface area contributed by atoms with Crippen LogP contribution in [0.3, 0.4) is 0 Å². The molecule has 7 heteroatoms. The van der Waals surface area contributed by atoms with E-state index in [9.17, 15) is 9.59 Å². The molecule has 150 valence electrons. The average molecular weight is 393 g/mol. The van der Waals surface area contributed by atoms with Crippen LogP contribution >= 0.6 is 0 Å². The second-order valence-corrected chi connectivity index (χ2v) is 6.35. The first-order valence-electron chi connectivity index (χ1n) is 9.30. The first-order valence-corrected chi connectivity index (χ1v) is 9.30. The van der Waals surface area contributed by atoms with Gasteiger partial charge in [0.1, 0.15) is 17.5 Å². The molecule has 1 atom stereocenters. The molecule has 0 fully saturated rings. The van der Waals surface area contributed by atoms with E-state index in [1.807, 2.05) is 31.2 Å². The van der Waals surface area contributed by atoms with E-state index in [2.05, 4.69) is 10.4 Å². The molecular weight excluding hydrogens is 370 g/mol. The number of rotatable bonds is 7. The predicted molar refractivity (Wildman–Crippen MR) is 111 cm³/mol. The lowest BCUT2D eigenvalue weighted by Gasteiger charge is -2.15. The summed E-state index contributed by atoms with van der Waals surface area (Å²) in [6.07, 6.45) is 0. The van der Waals surface area contributed by atoms with Gasteiger partial charge < -0.3 is 14.8 Å². The maximum atomic E-state index is 12.6. The van der Waals surface area contributed by atoms with Gasteiger partial charge in [-0.05, 0) is 68.4 Å². The van der Waals surface area contributed by atoms with Crippen LogP contribution in [0.2, 0.25) is 0 Å². The van der Waals surface area contributed by atoms with Crippen LogP contribution in [-0.2, 0) is 4.79 Å². The number of hydrogen-bond donors (Lipinski definition) is 1. The van der Waals surface area contributed by atoms with Gasteiger partial charge in [0.05, 0.1) is 19.4 Å². The number of anilines is 1. The van der Waals surface area contributed by atoms with Gasteiger partial charge in [-0.2, -0.15) is 5.10 Å². The van der Waals surface area contributed by atoms with Crippen LogP contribution in [0, 0.1) is 0 Å². The minimum absolute atomic E-state index is 0.339. The Balaban J connectivity index is 1.80. The molecule has 1 N–H and O–H groups in total. The normalized spacial score (nSPS) is 11.6. The molecule has 0 saturated heterocycles. The molecule has 1 amide bonds. The van der Waals surface area contributed by atoms with Crippen molar-refractivity contribution in [2.45, 2.75) is 19.9 Å². The van der Waals surface area contributed by atoms with Crippen molar-refractivity contribution in [3.05, 3.63) is 71.0 Å². The lowest BCUT2D eigenvalue weighted by Crippen LogP contribution is -2.33. The maximum Gasteiger partial charge on any atom is 0.267 e. The van der Waals surface area contributed by atoms with E-state index >= 15 is 0 Å². The largest absolute Gasteiger partial charge is 0.497 e. The number of methoxy groups -OCH3 is 1. The van der Waals surface area contributed by atoms with Gasteiger partial charge in [-0.25, -0.2) is 4.68 Å². The van der Waals surface area contributed by atoms with Crippen molar-refractivity contribution in [3.8, 4) is 22.8 Å². The van der Waals surface area contributed by atoms with E-state index in [1.54, 1.807) is 44.4 Å². The summed E-state index contributed by atoms with van der Waals surface area (Å²) < 4.78 is 11.7. The number of ether oxygens (including phenoxy) is 2. The number of nitrogens with one attached hydrogen (secondary N) is 1. The van der Waals surface area contributed by atoms with Crippen LogP contribution in [0.4, 0.5) is 5.69 Å². The van der Waals surface area contributed by atoms with E-state index in [0.29, 0.717) is 23.7 Å². The van der Waals surface area contributed by atoms with Gasteiger partial charge in [0.2, 0.25) is 5.91 Å². The fourth-order valence-corrected chi connectivity index (χ4v) is 2.78. The Morgan fingerprint density at radius 2 is 1.69 bits per heavy atom. The molecule has 2 aromatic carbocycles. The zero-order valence-corrected chi connectivity index (χ0v) is 16.6. The van der Waals surface area contributed by atoms with Crippen molar-refractivity contribution in [1.29, 1.82) is 0 Å². The van der Waals surface area contributed by atoms with E-state index in [4.69, 9.17) is 9.47 Å². The van der Waals surface area contributed by atoms with Crippen LogP contribution < -0.4 is 20.3 Å². The van der Waals surface area contributed by atoms with Gasteiger partial charge in [0.25, 0.3) is 5.56 Å². The monoisotopic (exact) mass is 393 g/mol. The topological polar surface area (TPSA) is 82.5 Å². The molecule has 1 heterocycles. The third-order valence-corrected chi connectivity index (χ3v) is 4.39. The van der Waals surface area contributed by atoms with Gasteiger partial charge in [-0.15, -0.1) is 0 Å². The van der Waals surface area contributed by atoms with Crippen molar-refractivity contribution < 1.29 is 14.3 Å². The number of carbonyl (C=O) groups is 1. The number of carbonyl (C=O) groups excluding carboxylic acids is 1. The maximum absolute atomic E-state index is 12.6. The second-order valence-electron chi connectivity index (χ2n) is 6.35. The number of amides is 1. The number of hydrogen-bond acceptors (Lipinski definition) is 5. The Labute approximate surface area is 168 Å². The molecule has 0 radical (unpaired) electrons. The van der Waals surface area contributed by atoms with E-state index in [1.165, 1.54) is 10.7 Å². The summed E-state index contributed by atoms with van der Waals surface area (Å²) in [6.45, 7) is 4.14. The standard InChI is InChI=1S/C22H23N3O4/c1-4-29-19-9-5-16(6-10-19)20-13-14-21(26)25(24-20)15(2)22(27)23-17-7-11-18(28-3)12-8-17/h5-15H,4H2,1-3H3,(H,23,27). The van der Waals surface area contributed by atoms with Gasteiger partial charge >= 0.3 is 0 Å². The number of aromatic nitrogens is 2. The predicted octanol–water partition coefficient (Wildman–Crippen LogP) is 3.52. The quantitative estimate of drug-likeness (QED) is 0.664. The third kappa shape index (κ3) is 4.82. The fourth-order valence-electron chi connectivity index (χ4n) is 2.78. The summed E-state index contributed by atoms with van der Waals surface area (Å²) >= 11 is 0. The minimum Gasteiger partial charge on any atom is -0.497 e. The van der Waals surface area contributed by atoms with Crippen molar-refractivity contribution >= 4 is 11.6 Å². The lowest BCUT2D eigenvalue weighted by molar-refractivity contribution is -0.119. The molecule has 3 rings (SSSR count). The molecule has 0 aliphatic heterocycles. The van der Waals surface area contributed by atoms with Crippen LogP contribution in [0.1, 0.15) is 19.9 Å². The first kappa shape index (κ1) is 20.1. The highest BCUT2D eigenvalue weighted by Gasteiger charge is 2.18. The lowest BCUT2D eigenvalue weighted by atomic mass is 10.1. The Hall–Kier alpha value is -3.61. The van der Waals surface area contributed by atoms with Crippen molar-refractivity contribution in [2.75, 3.05) is 19.0 Å². The number of benzene rings is 2. The highest BCUT2D eigenvalue weighted by atomic mass is 16.5. The fraction of sp³-hybridized carbons (Fsp3) is 0.227. The molecule has 0 saturated carbocycles.